The molecule has 0 atom stereocenters. The zero-order valence-corrected chi connectivity index (χ0v) is 12.3. The molecule has 1 rings (SSSR count). The zero-order valence-electron chi connectivity index (χ0n) is 11.4. The number of hydrogen-bond donors (Lipinski definition) is 1. The van der Waals surface area contributed by atoms with E-state index in [0.717, 1.165) is 5.75 Å². The zero-order chi connectivity index (χ0) is 13.8. The number of thioether (sulfide) groups is 1. The number of carbonyl (C=O) groups is 2. The third kappa shape index (κ3) is 5.27. The van der Waals surface area contributed by atoms with E-state index in [1.807, 2.05) is 18.7 Å². The molecule has 1 saturated heterocycles. The molecule has 104 valence electrons. The number of piperazine rings is 1. The first kappa shape index (κ1) is 15.3. The Morgan fingerprint density at radius 3 is 2.11 bits per heavy atom. The van der Waals surface area contributed by atoms with Crippen LogP contribution in [0.5, 0.6) is 0 Å². The monoisotopic (exact) mass is 273 g/mol. The van der Waals surface area contributed by atoms with Gasteiger partial charge in [-0.25, -0.2) is 0 Å². The molecule has 0 aromatic rings. The van der Waals surface area contributed by atoms with Crippen molar-refractivity contribution in [2.24, 2.45) is 5.73 Å². The number of amides is 2. The first-order valence-corrected chi connectivity index (χ1v) is 7.35. The van der Waals surface area contributed by atoms with E-state index in [0.29, 0.717) is 31.9 Å². The van der Waals surface area contributed by atoms with E-state index in [4.69, 9.17) is 5.73 Å². The molecule has 5 nitrogen and oxygen atoms in total. The molecule has 0 aromatic heterocycles. The van der Waals surface area contributed by atoms with Gasteiger partial charge in [0.25, 0.3) is 0 Å². The summed E-state index contributed by atoms with van der Waals surface area (Å²) in [4.78, 5) is 26.7. The SMILES string of the molecule is CC(=O)N1CCN(C(=O)CSCC(C)(C)N)CC1. The van der Waals surface area contributed by atoms with Gasteiger partial charge in [0.15, 0.2) is 0 Å². The molecule has 0 aliphatic carbocycles. The van der Waals surface area contributed by atoms with Gasteiger partial charge in [-0.1, -0.05) is 0 Å². The van der Waals surface area contributed by atoms with Gasteiger partial charge < -0.3 is 15.5 Å². The second kappa shape index (κ2) is 6.43. The normalized spacial score (nSPS) is 16.9. The molecule has 0 saturated carbocycles. The fraction of sp³-hybridized carbons (Fsp3) is 0.833. The minimum Gasteiger partial charge on any atom is -0.339 e. The van der Waals surface area contributed by atoms with Crippen LogP contribution >= 0.6 is 11.8 Å². The smallest absolute Gasteiger partial charge is 0.232 e. The van der Waals surface area contributed by atoms with Crippen LogP contribution in [0.25, 0.3) is 0 Å². The van der Waals surface area contributed by atoms with Gasteiger partial charge in [0.05, 0.1) is 5.75 Å². The van der Waals surface area contributed by atoms with Crippen LogP contribution in [0.15, 0.2) is 0 Å². The molecule has 1 fully saturated rings. The lowest BCUT2D eigenvalue weighted by Gasteiger charge is -2.34. The van der Waals surface area contributed by atoms with Gasteiger partial charge in [0.2, 0.25) is 11.8 Å². The third-order valence-corrected chi connectivity index (χ3v) is 4.18. The molecule has 6 heteroatoms. The van der Waals surface area contributed by atoms with Crippen molar-refractivity contribution in [2.45, 2.75) is 26.3 Å². The number of rotatable bonds is 4. The van der Waals surface area contributed by atoms with Crippen LogP contribution < -0.4 is 5.73 Å². The van der Waals surface area contributed by atoms with E-state index < -0.39 is 0 Å². The van der Waals surface area contributed by atoms with Gasteiger partial charge in [-0.05, 0) is 13.8 Å². The Hall–Kier alpha value is -0.750. The van der Waals surface area contributed by atoms with E-state index >= 15 is 0 Å². The summed E-state index contributed by atoms with van der Waals surface area (Å²) in [5.41, 5.74) is 5.62. The summed E-state index contributed by atoms with van der Waals surface area (Å²) >= 11 is 1.57. The first-order valence-electron chi connectivity index (χ1n) is 6.19. The molecule has 0 radical (unpaired) electrons. The molecule has 0 bridgehead atoms. The van der Waals surface area contributed by atoms with Crippen molar-refractivity contribution in [3.8, 4) is 0 Å². The Kier molecular flexibility index (Phi) is 5.47. The minimum atomic E-state index is -0.238. The molecule has 1 aliphatic heterocycles. The molecular weight excluding hydrogens is 250 g/mol. The second-order valence-electron chi connectivity index (χ2n) is 5.37. The van der Waals surface area contributed by atoms with E-state index in [1.165, 1.54) is 0 Å². The van der Waals surface area contributed by atoms with E-state index in [2.05, 4.69) is 0 Å². The van der Waals surface area contributed by atoms with Crippen LogP contribution in [-0.2, 0) is 9.59 Å². The fourth-order valence-corrected chi connectivity index (χ4v) is 2.75. The summed E-state index contributed by atoms with van der Waals surface area (Å²) in [6.45, 7) is 8.06. The first-order chi connectivity index (χ1) is 8.29. The summed E-state index contributed by atoms with van der Waals surface area (Å²) in [6.07, 6.45) is 0. The van der Waals surface area contributed by atoms with Crippen LogP contribution in [0.3, 0.4) is 0 Å². The highest BCUT2D eigenvalue weighted by molar-refractivity contribution is 8.00. The standard InChI is InChI=1S/C12H23N3O2S/c1-10(16)14-4-6-15(7-5-14)11(17)8-18-9-12(2,3)13/h4-9,13H2,1-3H3. The Labute approximate surface area is 113 Å². The largest absolute Gasteiger partial charge is 0.339 e. The highest BCUT2D eigenvalue weighted by Crippen LogP contribution is 2.11. The van der Waals surface area contributed by atoms with Crippen molar-refractivity contribution in [1.82, 2.24) is 9.80 Å². The van der Waals surface area contributed by atoms with E-state index in [1.54, 1.807) is 23.6 Å². The fourth-order valence-electron chi connectivity index (χ4n) is 1.76. The lowest BCUT2D eigenvalue weighted by atomic mass is 10.1. The molecule has 0 aromatic carbocycles. The summed E-state index contributed by atoms with van der Waals surface area (Å²) in [6, 6.07) is 0. The van der Waals surface area contributed by atoms with Crippen LogP contribution in [0, 0.1) is 0 Å². The summed E-state index contributed by atoms with van der Waals surface area (Å²) in [5.74, 6) is 1.47. The number of nitrogens with two attached hydrogens (primary N) is 1. The number of nitrogens with zero attached hydrogens (tertiary/aromatic N) is 2. The predicted octanol–water partition coefficient (Wildman–Crippen LogP) is 0.148. The highest BCUT2D eigenvalue weighted by atomic mass is 32.2. The van der Waals surface area contributed by atoms with Gasteiger partial charge in [0.1, 0.15) is 0 Å². The lowest BCUT2D eigenvalue weighted by molar-refractivity contribution is -0.136. The predicted molar refractivity (Wildman–Crippen MR) is 74.4 cm³/mol. The third-order valence-electron chi connectivity index (χ3n) is 2.78. The average molecular weight is 273 g/mol. The Balaban J connectivity index is 2.26. The van der Waals surface area contributed by atoms with Gasteiger partial charge in [-0.3, -0.25) is 9.59 Å². The topological polar surface area (TPSA) is 66.6 Å². The second-order valence-corrected chi connectivity index (χ2v) is 6.35. The van der Waals surface area contributed by atoms with Crippen molar-refractivity contribution < 1.29 is 9.59 Å². The summed E-state index contributed by atoms with van der Waals surface area (Å²) in [5, 5.41) is 0. The highest BCUT2D eigenvalue weighted by Gasteiger charge is 2.22. The maximum Gasteiger partial charge on any atom is 0.232 e. The van der Waals surface area contributed by atoms with Crippen molar-refractivity contribution in [3.05, 3.63) is 0 Å². The number of carbonyl (C=O) groups excluding carboxylic acids is 2. The van der Waals surface area contributed by atoms with Crippen LogP contribution in [0.4, 0.5) is 0 Å². The maximum absolute atomic E-state index is 11.9. The van der Waals surface area contributed by atoms with Gasteiger partial charge in [-0.15, -0.1) is 0 Å². The quantitative estimate of drug-likeness (QED) is 0.791. The van der Waals surface area contributed by atoms with Gasteiger partial charge >= 0.3 is 0 Å². The lowest BCUT2D eigenvalue weighted by Crippen LogP contribution is -2.50. The summed E-state index contributed by atoms with van der Waals surface area (Å²) < 4.78 is 0. The Morgan fingerprint density at radius 1 is 1.17 bits per heavy atom. The minimum absolute atomic E-state index is 0.0846. The van der Waals surface area contributed by atoms with Gasteiger partial charge in [0, 0.05) is 44.4 Å². The van der Waals surface area contributed by atoms with Crippen molar-refractivity contribution >= 4 is 23.6 Å². The summed E-state index contributed by atoms with van der Waals surface area (Å²) in [7, 11) is 0. The molecule has 0 unspecified atom stereocenters. The van der Waals surface area contributed by atoms with Gasteiger partial charge in [-0.2, -0.15) is 11.8 Å². The van der Waals surface area contributed by atoms with Crippen molar-refractivity contribution in [3.63, 3.8) is 0 Å². The molecule has 0 spiro atoms. The molecule has 1 heterocycles. The van der Waals surface area contributed by atoms with Crippen LogP contribution in [-0.4, -0.2) is 64.8 Å². The molecule has 2 amide bonds. The number of hydrogen-bond acceptors (Lipinski definition) is 4. The van der Waals surface area contributed by atoms with Crippen molar-refractivity contribution in [2.75, 3.05) is 37.7 Å². The molecule has 2 N–H and O–H groups in total. The molecule has 18 heavy (non-hydrogen) atoms. The van der Waals surface area contributed by atoms with E-state index in [9.17, 15) is 9.59 Å². The van der Waals surface area contributed by atoms with Crippen LogP contribution in [0.1, 0.15) is 20.8 Å². The Bertz CT molecular complexity index is 307. The molecular formula is C12H23N3O2S. The molecule has 1 aliphatic rings. The van der Waals surface area contributed by atoms with E-state index in [-0.39, 0.29) is 17.4 Å². The van der Waals surface area contributed by atoms with Crippen molar-refractivity contribution in [1.29, 1.82) is 0 Å². The Morgan fingerprint density at radius 2 is 1.67 bits per heavy atom. The average Bonchev–Trinajstić information content (AvgIpc) is 2.27. The maximum atomic E-state index is 11.9. The van der Waals surface area contributed by atoms with Crippen LogP contribution in [0.2, 0.25) is 0 Å².